The minimum atomic E-state index is -3.59. The maximum atomic E-state index is 13.0. The first-order chi connectivity index (χ1) is 11.0. The van der Waals surface area contributed by atoms with E-state index < -0.39 is 15.8 Å². The molecule has 0 saturated carbocycles. The van der Waals surface area contributed by atoms with Crippen LogP contribution in [0.4, 0.5) is 4.39 Å². The molecule has 1 heterocycles. The zero-order chi connectivity index (χ0) is 16.4. The van der Waals surface area contributed by atoms with Gasteiger partial charge in [0.1, 0.15) is 11.6 Å². The molecule has 0 aliphatic carbocycles. The molecule has 0 N–H and O–H groups in total. The molecule has 0 aromatic heterocycles. The Morgan fingerprint density at radius 3 is 2.52 bits per heavy atom. The van der Waals surface area contributed by atoms with E-state index in [-0.39, 0.29) is 10.8 Å². The predicted molar refractivity (Wildman–Crippen MR) is 85.5 cm³/mol. The van der Waals surface area contributed by atoms with Crippen molar-refractivity contribution in [1.82, 2.24) is 4.31 Å². The van der Waals surface area contributed by atoms with E-state index in [9.17, 15) is 12.8 Å². The lowest BCUT2D eigenvalue weighted by Crippen LogP contribution is -2.28. The van der Waals surface area contributed by atoms with Crippen molar-refractivity contribution < 1.29 is 17.5 Å². The number of benzene rings is 2. The zero-order valence-electron chi connectivity index (χ0n) is 12.8. The third-order valence-electron chi connectivity index (χ3n) is 4.18. The SMILES string of the molecule is COc1ccccc1C1CCN(S(=O)(=O)c2ccc(F)cc2)C1. The average molecular weight is 335 g/mol. The van der Waals surface area contributed by atoms with Crippen molar-refractivity contribution in [3.8, 4) is 5.75 Å². The van der Waals surface area contributed by atoms with Gasteiger partial charge >= 0.3 is 0 Å². The van der Waals surface area contributed by atoms with Crippen LogP contribution in [0.5, 0.6) is 5.75 Å². The minimum Gasteiger partial charge on any atom is -0.496 e. The maximum Gasteiger partial charge on any atom is 0.243 e. The first-order valence-corrected chi connectivity index (χ1v) is 8.85. The summed E-state index contributed by atoms with van der Waals surface area (Å²) >= 11 is 0. The zero-order valence-corrected chi connectivity index (χ0v) is 13.6. The third-order valence-corrected chi connectivity index (χ3v) is 6.06. The summed E-state index contributed by atoms with van der Waals surface area (Å²) in [6.07, 6.45) is 0.737. The van der Waals surface area contributed by atoms with Crippen LogP contribution < -0.4 is 4.74 Å². The topological polar surface area (TPSA) is 46.6 Å². The lowest BCUT2D eigenvalue weighted by atomic mass is 9.97. The van der Waals surface area contributed by atoms with Crippen LogP contribution in [0, 0.1) is 5.82 Å². The van der Waals surface area contributed by atoms with Gasteiger partial charge in [0.25, 0.3) is 0 Å². The van der Waals surface area contributed by atoms with E-state index >= 15 is 0 Å². The number of halogens is 1. The van der Waals surface area contributed by atoms with Crippen LogP contribution in [0.15, 0.2) is 53.4 Å². The molecule has 3 rings (SSSR count). The van der Waals surface area contributed by atoms with Crippen molar-refractivity contribution in [2.45, 2.75) is 17.2 Å². The molecule has 1 fully saturated rings. The molecule has 1 unspecified atom stereocenters. The van der Waals surface area contributed by atoms with Crippen molar-refractivity contribution in [3.05, 3.63) is 59.9 Å². The molecule has 2 aromatic carbocycles. The first-order valence-electron chi connectivity index (χ1n) is 7.41. The van der Waals surface area contributed by atoms with Crippen LogP contribution in [0.1, 0.15) is 17.9 Å². The number of ether oxygens (including phenoxy) is 1. The molecule has 1 atom stereocenters. The fraction of sp³-hybridized carbons (Fsp3) is 0.294. The standard InChI is InChI=1S/C17H18FNO3S/c1-22-17-5-3-2-4-16(17)13-10-11-19(12-13)23(20,21)15-8-6-14(18)7-9-15/h2-9,13H,10-12H2,1H3. The molecule has 4 nitrogen and oxygen atoms in total. The van der Waals surface area contributed by atoms with Crippen LogP contribution in [-0.2, 0) is 10.0 Å². The fourth-order valence-corrected chi connectivity index (χ4v) is 4.46. The molecule has 0 spiro atoms. The molecule has 6 heteroatoms. The van der Waals surface area contributed by atoms with Crippen LogP contribution in [0.25, 0.3) is 0 Å². The van der Waals surface area contributed by atoms with Gasteiger partial charge in [0.05, 0.1) is 12.0 Å². The van der Waals surface area contributed by atoms with Gasteiger partial charge < -0.3 is 4.74 Å². The Balaban J connectivity index is 1.83. The summed E-state index contributed by atoms with van der Waals surface area (Å²) in [6, 6.07) is 12.6. The van der Waals surface area contributed by atoms with Crippen molar-refractivity contribution in [1.29, 1.82) is 0 Å². The second-order valence-corrected chi connectivity index (χ2v) is 7.48. The Morgan fingerprint density at radius 2 is 1.83 bits per heavy atom. The number of hydrogen-bond acceptors (Lipinski definition) is 3. The lowest BCUT2D eigenvalue weighted by Gasteiger charge is -2.18. The summed E-state index contributed by atoms with van der Waals surface area (Å²) in [6.45, 7) is 0.850. The Hall–Kier alpha value is -1.92. The smallest absolute Gasteiger partial charge is 0.243 e. The van der Waals surface area contributed by atoms with E-state index in [1.54, 1.807) is 7.11 Å². The summed E-state index contributed by atoms with van der Waals surface area (Å²) in [5, 5.41) is 0. The Labute approximate surface area is 135 Å². The summed E-state index contributed by atoms with van der Waals surface area (Å²) in [7, 11) is -1.98. The number of para-hydroxylation sites is 1. The van der Waals surface area contributed by atoms with Gasteiger partial charge in [0, 0.05) is 19.0 Å². The molecular formula is C17H18FNO3S. The Bertz CT molecular complexity index is 790. The van der Waals surface area contributed by atoms with Gasteiger partial charge in [-0.1, -0.05) is 18.2 Å². The molecule has 0 radical (unpaired) electrons. The summed E-state index contributed by atoms with van der Waals surface area (Å²) in [5.41, 5.74) is 1.02. The van der Waals surface area contributed by atoms with Crippen LogP contribution in [-0.4, -0.2) is 32.9 Å². The van der Waals surface area contributed by atoms with Gasteiger partial charge in [0.2, 0.25) is 10.0 Å². The van der Waals surface area contributed by atoms with Crippen LogP contribution >= 0.6 is 0 Å². The summed E-state index contributed by atoms with van der Waals surface area (Å²) in [5.74, 6) is 0.428. The number of sulfonamides is 1. The molecule has 122 valence electrons. The van der Waals surface area contributed by atoms with E-state index in [1.807, 2.05) is 24.3 Å². The molecule has 1 saturated heterocycles. The van der Waals surface area contributed by atoms with E-state index in [0.717, 1.165) is 17.7 Å². The highest BCUT2D eigenvalue weighted by Crippen LogP contribution is 2.35. The lowest BCUT2D eigenvalue weighted by molar-refractivity contribution is 0.405. The Kier molecular flexibility index (Phi) is 4.37. The van der Waals surface area contributed by atoms with E-state index in [0.29, 0.717) is 13.1 Å². The predicted octanol–water partition coefficient (Wildman–Crippen LogP) is 3.01. The number of rotatable bonds is 4. The molecule has 1 aliphatic rings. The first kappa shape index (κ1) is 16.0. The molecule has 0 amide bonds. The monoisotopic (exact) mass is 335 g/mol. The van der Waals surface area contributed by atoms with Gasteiger partial charge in [-0.05, 0) is 42.3 Å². The molecule has 0 bridgehead atoms. The largest absolute Gasteiger partial charge is 0.496 e. The van der Waals surface area contributed by atoms with E-state index in [2.05, 4.69) is 0 Å². The Morgan fingerprint density at radius 1 is 1.13 bits per heavy atom. The van der Waals surface area contributed by atoms with Gasteiger partial charge in [-0.15, -0.1) is 0 Å². The number of methoxy groups -OCH3 is 1. The molecular weight excluding hydrogens is 317 g/mol. The fourth-order valence-electron chi connectivity index (χ4n) is 2.96. The highest BCUT2D eigenvalue weighted by Gasteiger charge is 2.34. The van der Waals surface area contributed by atoms with Gasteiger partial charge in [-0.25, -0.2) is 12.8 Å². The van der Waals surface area contributed by atoms with Gasteiger partial charge in [-0.2, -0.15) is 4.31 Å². The summed E-state index contributed by atoms with van der Waals surface area (Å²) in [4.78, 5) is 0.125. The van der Waals surface area contributed by atoms with E-state index in [1.165, 1.54) is 28.6 Å². The van der Waals surface area contributed by atoms with Gasteiger partial charge in [0.15, 0.2) is 0 Å². The number of hydrogen-bond donors (Lipinski definition) is 0. The highest BCUT2D eigenvalue weighted by molar-refractivity contribution is 7.89. The molecule has 23 heavy (non-hydrogen) atoms. The molecule has 2 aromatic rings. The second-order valence-electron chi connectivity index (χ2n) is 5.54. The van der Waals surface area contributed by atoms with Crippen molar-refractivity contribution >= 4 is 10.0 Å². The van der Waals surface area contributed by atoms with Crippen LogP contribution in [0.3, 0.4) is 0 Å². The van der Waals surface area contributed by atoms with Gasteiger partial charge in [-0.3, -0.25) is 0 Å². The normalized spacial score (nSPS) is 19.0. The highest BCUT2D eigenvalue weighted by atomic mass is 32.2. The maximum absolute atomic E-state index is 13.0. The average Bonchev–Trinajstić information content (AvgIpc) is 3.06. The minimum absolute atomic E-state index is 0.0985. The van der Waals surface area contributed by atoms with E-state index in [4.69, 9.17) is 4.74 Å². The summed E-state index contributed by atoms with van der Waals surface area (Å²) < 4.78 is 45.1. The second kappa shape index (κ2) is 6.29. The quantitative estimate of drug-likeness (QED) is 0.863. The molecule has 1 aliphatic heterocycles. The van der Waals surface area contributed by atoms with Crippen molar-refractivity contribution in [3.63, 3.8) is 0 Å². The van der Waals surface area contributed by atoms with Crippen molar-refractivity contribution in [2.24, 2.45) is 0 Å². The van der Waals surface area contributed by atoms with Crippen LogP contribution in [0.2, 0.25) is 0 Å². The number of nitrogens with zero attached hydrogens (tertiary/aromatic N) is 1. The van der Waals surface area contributed by atoms with Crippen molar-refractivity contribution in [2.75, 3.05) is 20.2 Å². The third kappa shape index (κ3) is 3.09.